The number of rotatable bonds is 4. The summed E-state index contributed by atoms with van der Waals surface area (Å²) in [4.78, 5) is 30.2. The molecule has 0 bridgehead atoms. The van der Waals surface area contributed by atoms with Gasteiger partial charge in [0.1, 0.15) is 9.71 Å². The van der Waals surface area contributed by atoms with E-state index in [0.717, 1.165) is 16.5 Å². The molecule has 0 aliphatic heterocycles. The van der Waals surface area contributed by atoms with Crippen LogP contribution in [0.4, 0.5) is 0 Å². The van der Waals surface area contributed by atoms with Gasteiger partial charge in [-0.3, -0.25) is 4.79 Å². The van der Waals surface area contributed by atoms with Gasteiger partial charge < -0.3 is 10.0 Å². The maximum Gasteiger partial charge on any atom is 0.346 e. The Hall–Kier alpha value is -2.73. The molecule has 122 valence electrons. The van der Waals surface area contributed by atoms with Gasteiger partial charge in [-0.1, -0.05) is 24.3 Å². The lowest BCUT2D eigenvalue weighted by molar-refractivity contribution is -0.127. The molecule has 1 aromatic carbocycles. The minimum Gasteiger partial charge on any atom is -0.477 e. The van der Waals surface area contributed by atoms with Crippen molar-refractivity contribution in [2.24, 2.45) is 0 Å². The first-order valence-corrected chi connectivity index (χ1v) is 8.19. The molecule has 24 heavy (non-hydrogen) atoms. The first-order valence-electron chi connectivity index (χ1n) is 7.37. The zero-order chi connectivity index (χ0) is 17.3. The maximum absolute atomic E-state index is 11.8. The smallest absolute Gasteiger partial charge is 0.346 e. The van der Waals surface area contributed by atoms with E-state index in [4.69, 9.17) is 0 Å². The van der Waals surface area contributed by atoms with E-state index in [2.05, 4.69) is 4.98 Å². The summed E-state index contributed by atoms with van der Waals surface area (Å²) in [6.45, 7) is 0. The SMILES string of the molecule is CN(C)C(=O)Cc1ccc(-c2c(C(=O)O)sc3ncccc23)cc1. The molecular weight excluding hydrogens is 324 g/mol. The zero-order valence-electron chi connectivity index (χ0n) is 13.3. The van der Waals surface area contributed by atoms with Crippen LogP contribution in [0.3, 0.4) is 0 Å². The van der Waals surface area contributed by atoms with Gasteiger partial charge in [0.25, 0.3) is 0 Å². The van der Waals surface area contributed by atoms with E-state index in [9.17, 15) is 14.7 Å². The number of carboxylic acids is 1. The molecular formula is C18H16N2O3S. The number of carbonyl (C=O) groups is 2. The van der Waals surface area contributed by atoms with Crippen molar-refractivity contribution in [3.05, 3.63) is 53.0 Å². The van der Waals surface area contributed by atoms with Gasteiger partial charge in [0.2, 0.25) is 5.91 Å². The average Bonchev–Trinajstić information content (AvgIpc) is 2.95. The normalized spacial score (nSPS) is 10.8. The highest BCUT2D eigenvalue weighted by Gasteiger charge is 2.19. The highest BCUT2D eigenvalue weighted by molar-refractivity contribution is 7.21. The van der Waals surface area contributed by atoms with E-state index >= 15 is 0 Å². The Labute approximate surface area is 143 Å². The van der Waals surface area contributed by atoms with Crippen LogP contribution in [-0.2, 0) is 11.2 Å². The second-order valence-corrected chi connectivity index (χ2v) is 6.63. The Morgan fingerprint density at radius 1 is 1.17 bits per heavy atom. The Kier molecular flexibility index (Phi) is 4.31. The predicted molar refractivity (Wildman–Crippen MR) is 94.4 cm³/mol. The summed E-state index contributed by atoms with van der Waals surface area (Å²) < 4.78 is 0. The predicted octanol–water partition coefficient (Wildman–Crippen LogP) is 3.29. The summed E-state index contributed by atoms with van der Waals surface area (Å²) in [7, 11) is 3.45. The van der Waals surface area contributed by atoms with Crippen LogP contribution >= 0.6 is 11.3 Å². The lowest BCUT2D eigenvalue weighted by Crippen LogP contribution is -2.23. The first kappa shape index (κ1) is 16.1. The summed E-state index contributed by atoms with van der Waals surface area (Å²) in [5.41, 5.74) is 2.39. The van der Waals surface area contributed by atoms with E-state index in [-0.39, 0.29) is 10.8 Å². The third kappa shape index (κ3) is 3.00. The minimum atomic E-state index is -0.958. The molecule has 0 atom stereocenters. The lowest BCUT2D eigenvalue weighted by Gasteiger charge is -2.10. The molecule has 3 aromatic rings. The van der Waals surface area contributed by atoms with Crippen LogP contribution in [-0.4, -0.2) is 41.0 Å². The van der Waals surface area contributed by atoms with Gasteiger partial charge in [-0.15, -0.1) is 11.3 Å². The highest BCUT2D eigenvalue weighted by atomic mass is 32.1. The van der Waals surface area contributed by atoms with E-state index in [1.54, 1.807) is 31.3 Å². The van der Waals surface area contributed by atoms with Gasteiger partial charge in [-0.2, -0.15) is 0 Å². The highest BCUT2D eigenvalue weighted by Crippen LogP contribution is 2.37. The number of hydrogen-bond acceptors (Lipinski definition) is 4. The molecule has 2 heterocycles. The first-order chi connectivity index (χ1) is 11.5. The van der Waals surface area contributed by atoms with Crippen LogP contribution in [0.5, 0.6) is 0 Å². The van der Waals surface area contributed by atoms with Crippen LogP contribution in [0.25, 0.3) is 21.3 Å². The Morgan fingerprint density at radius 3 is 2.50 bits per heavy atom. The topological polar surface area (TPSA) is 70.5 Å². The van der Waals surface area contributed by atoms with E-state index in [1.807, 2.05) is 30.3 Å². The third-order valence-electron chi connectivity index (χ3n) is 3.76. The molecule has 0 aliphatic rings. The maximum atomic E-state index is 11.8. The van der Waals surface area contributed by atoms with Gasteiger partial charge in [-0.05, 0) is 23.3 Å². The minimum absolute atomic E-state index is 0.0270. The number of likely N-dealkylation sites (N-methyl/N-ethyl adjacent to an activating group) is 1. The van der Waals surface area contributed by atoms with Crippen molar-refractivity contribution >= 4 is 33.4 Å². The van der Waals surface area contributed by atoms with Crippen LogP contribution in [0.15, 0.2) is 42.6 Å². The fourth-order valence-electron chi connectivity index (χ4n) is 2.49. The van der Waals surface area contributed by atoms with Crippen LogP contribution in [0.2, 0.25) is 0 Å². The van der Waals surface area contributed by atoms with Crippen LogP contribution in [0, 0.1) is 0 Å². The number of benzene rings is 1. The molecule has 0 radical (unpaired) electrons. The number of aromatic nitrogens is 1. The van der Waals surface area contributed by atoms with Gasteiger partial charge in [0.15, 0.2) is 0 Å². The summed E-state index contributed by atoms with van der Waals surface area (Å²) in [6, 6.07) is 11.1. The molecule has 2 aromatic heterocycles. The standard InChI is InChI=1S/C18H16N2O3S/c1-20(2)14(21)10-11-5-7-12(8-6-11)15-13-4-3-9-19-17(13)24-16(15)18(22)23/h3-9H,10H2,1-2H3,(H,22,23). The second-order valence-electron chi connectivity index (χ2n) is 5.63. The van der Waals surface area contributed by atoms with Crippen molar-refractivity contribution in [1.82, 2.24) is 9.88 Å². The summed E-state index contributed by atoms with van der Waals surface area (Å²) >= 11 is 1.17. The van der Waals surface area contributed by atoms with Crippen molar-refractivity contribution < 1.29 is 14.7 Å². The molecule has 0 spiro atoms. The van der Waals surface area contributed by atoms with Crippen molar-refractivity contribution in [2.45, 2.75) is 6.42 Å². The average molecular weight is 340 g/mol. The van der Waals surface area contributed by atoms with Gasteiger partial charge >= 0.3 is 5.97 Å². The van der Waals surface area contributed by atoms with Crippen molar-refractivity contribution in [2.75, 3.05) is 14.1 Å². The molecule has 0 saturated carbocycles. The molecule has 1 N–H and O–H groups in total. The molecule has 5 nitrogen and oxygen atoms in total. The lowest BCUT2D eigenvalue weighted by atomic mass is 10.0. The van der Waals surface area contributed by atoms with E-state index in [1.165, 1.54) is 11.3 Å². The van der Waals surface area contributed by atoms with Gasteiger partial charge in [-0.25, -0.2) is 9.78 Å². The zero-order valence-corrected chi connectivity index (χ0v) is 14.1. The number of carboxylic acid groups (broad SMARTS) is 1. The number of amides is 1. The van der Waals surface area contributed by atoms with Gasteiger partial charge in [0.05, 0.1) is 6.42 Å². The van der Waals surface area contributed by atoms with Crippen LogP contribution in [0.1, 0.15) is 15.2 Å². The molecule has 0 aliphatic carbocycles. The molecule has 0 saturated heterocycles. The Bertz CT molecular complexity index is 914. The monoisotopic (exact) mass is 340 g/mol. The number of hydrogen-bond donors (Lipinski definition) is 1. The summed E-state index contributed by atoms with van der Waals surface area (Å²) in [5.74, 6) is -0.931. The fourth-order valence-corrected chi connectivity index (χ4v) is 3.50. The molecule has 0 fully saturated rings. The number of thiophene rings is 1. The summed E-state index contributed by atoms with van der Waals surface area (Å²) in [6.07, 6.45) is 1.98. The molecule has 1 amide bonds. The molecule has 3 rings (SSSR count). The molecule has 6 heteroatoms. The number of aromatic carboxylic acids is 1. The van der Waals surface area contributed by atoms with Crippen LogP contribution < -0.4 is 0 Å². The number of pyridine rings is 1. The van der Waals surface area contributed by atoms with E-state index < -0.39 is 5.97 Å². The van der Waals surface area contributed by atoms with Crippen molar-refractivity contribution in [3.8, 4) is 11.1 Å². The largest absolute Gasteiger partial charge is 0.477 e. The third-order valence-corrected chi connectivity index (χ3v) is 4.86. The number of fused-ring (bicyclic) bond motifs is 1. The quantitative estimate of drug-likeness (QED) is 0.791. The van der Waals surface area contributed by atoms with E-state index in [0.29, 0.717) is 16.8 Å². The Balaban J connectivity index is 2.03. The number of nitrogens with zero attached hydrogens (tertiary/aromatic N) is 2. The van der Waals surface area contributed by atoms with Crippen molar-refractivity contribution in [3.63, 3.8) is 0 Å². The Morgan fingerprint density at radius 2 is 1.88 bits per heavy atom. The summed E-state index contributed by atoms with van der Waals surface area (Å²) in [5, 5.41) is 10.3. The van der Waals surface area contributed by atoms with Crippen molar-refractivity contribution in [1.29, 1.82) is 0 Å². The fraction of sp³-hybridized carbons (Fsp3) is 0.167. The second kappa shape index (κ2) is 6.41. The molecule has 0 unspecified atom stereocenters. The van der Waals surface area contributed by atoms with Gasteiger partial charge in [0, 0.05) is 31.2 Å². The number of carbonyl (C=O) groups excluding carboxylic acids is 1.